The van der Waals surface area contributed by atoms with Crippen LogP contribution >= 0.6 is 0 Å². The van der Waals surface area contributed by atoms with Crippen LogP contribution in [0, 0.1) is 11.8 Å². The number of carbonyl (C=O) groups is 3. The van der Waals surface area contributed by atoms with Gasteiger partial charge in [0.25, 0.3) is 0 Å². The summed E-state index contributed by atoms with van der Waals surface area (Å²) in [5, 5.41) is 11.7. The number of hydrogen-bond donors (Lipinski definition) is 2. The molecule has 1 saturated carbocycles. The Bertz CT molecular complexity index is 587. The molecule has 0 spiro atoms. The lowest BCUT2D eigenvalue weighted by atomic mass is 10.0. The van der Waals surface area contributed by atoms with Crippen molar-refractivity contribution in [2.24, 2.45) is 11.8 Å². The maximum absolute atomic E-state index is 12.5. The molecule has 2 fully saturated rings. The van der Waals surface area contributed by atoms with Gasteiger partial charge in [0.15, 0.2) is 0 Å². The van der Waals surface area contributed by atoms with E-state index in [2.05, 4.69) is 5.32 Å². The van der Waals surface area contributed by atoms with Crippen molar-refractivity contribution < 1.29 is 19.5 Å². The van der Waals surface area contributed by atoms with E-state index in [0.29, 0.717) is 19.5 Å². The smallest absolute Gasteiger partial charge is 0.307 e. The Morgan fingerprint density at radius 1 is 1.19 bits per heavy atom. The second-order valence-electron chi connectivity index (χ2n) is 5.42. The van der Waals surface area contributed by atoms with Crippen molar-refractivity contribution in [3.63, 3.8) is 0 Å². The maximum Gasteiger partial charge on any atom is 0.307 e. The number of piperazine rings is 1. The zero-order chi connectivity index (χ0) is 15.0. The highest BCUT2D eigenvalue weighted by Crippen LogP contribution is 2.41. The zero-order valence-electron chi connectivity index (χ0n) is 11.4. The summed E-state index contributed by atoms with van der Waals surface area (Å²) in [6, 6.07) is 8.42. The lowest BCUT2D eigenvalue weighted by molar-refractivity contribution is -0.146. The molecule has 110 valence electrons. The van der Waals surface area contributed by atoms with Gasteiger partial charge in [-0.15, -0.1) is 0 Å². The van der Waals surface area contributed by atoms with Gasteiger partial charge in [-0.2, -0.15) is 0 Å². The number of benzene rings is 1. The van der Waals surface area contributed by atoms with Gasteiger partial charge in [0.05, 0.1) is 11.8 Å². The van der Waals surface area contributed by atoms with E-state index in [4.69, 9.17) is 5.11 Å². The largest absolute Gasteiger partial charge is 0.481 e. The summed E-state index contributed by atoms with van der Waals surface area (Å²) >= 11 is 0. The van der Waals surface area contributed by atoms with Crippen molar-refractivity contribution >= 4 is 17.8 Å². The Balaban J connectivity index is 1.84. The lowest BCUT2D eigenvalue weighted by Gasteiger charge is -2.35. The number of amides is 2. The van der Waals surface area contributed by atoms with Crippen molar-refractivity contribution in [3.05, 3.63) is 35.9 Å². The summed E-state index contributed by atoms with van der Waals surface area (Å²) in [6.07, 6.45) is 0.369. The number of carboxylic acid groups (broad SMARTS) is 1. The first kappa shape index (κ1) is 13.6. The Kier molecular flexibility index (Phi) is 3.37. The first-order chi connectivity index (χ1) is 10.1. The van der Waals surface area contributed by atoms with Crippen molar-refractivity contribution in [1.29, 1.82) is 0 Å². The lowest BCUT2D eigenvalue weighted by Crippen LogP contribution is -2.52. The topological polar surface area (TPSA) is 86.7 Å². The number of hydrogen-bond acceptors (Lipinski definition) is 3. The highest BCUT2D eigenvalue weighted by molar-refractivity contribution is 5.94. The molecule has 0 unspecified atom stereocenters. The molecule has 1 aromatic rings. The van der Waals surface area contributed by atoms with E-state index in [9.17, 15) is 14.4 Å². The summed E-state index contributed by atoms with van der Waals surface area (Å²) in [7, 11) is 0. The average Bonchev–Trinajstić information content (AvgIpc) is 3.28. The third kappa shape index (κ3) is 2.49. The fourth-order valence-electron chi connectivity index (χ4n) is 2.82. The molecule has 1 heterocycles. The van der Waals surface area contributed by atoms with E-state index >= 15 is 0 Å². The molecule has 1 aromatic carbocycles. The van der Waals surface area contributed by atoms with Crippen LogP contribution in [0.25, 0.3) is 0 Å². The van der Waals surface area contributed by atoms with Crippen LogP contribution in [-0.2, 0) is 14.4 Å². The van der Waals surface area contributed by atoms with Gasteiger partial charge in [-0.1, -0.05) is 30.3 Å². The Morgan fingerprint density at radius 3 is 2.52 bits per heavy atom. The SMILES string of the molecule is O=C(O)[C@@H]1C[C@H]1C(=O)N1CCNC(=O)[C@H]1c1ccccc1. The van der Waals surface area contributed by atoms with Gasteiger partial charge < -0.3 is 15.3 Å². The Hall–Kier alpha value is -2.37. The van der Waals surface area contributed by atoms with Gasteiger partial charge in [-0.3, -0.25) is 14.4 Å². The second-order valence-corrected chi connectivity index (χ2v) is 5.42. The molecule has 0 bridgehead atoms. The molecule has 1 saturated heterocycles. The molecule has 6 nitrogen and oxygen atoms in total. The monoisotopic (exact) mass is 288 g/mol. The molecule has 21 heavy (non-hydrogen) atoms. The van der Waals surface area contributed by atoms with Crippen LogP contribution < -0.4 is 5.32 Å². The number of aliphatic carboxylic acids is 1. The minimum atomic E-state index is -0.939. The van der Waals surface area contributed by atoms with Crippen molar-refractivity contribution in [2.75, 3.05) is 13.1 Å². The van der Waals surface area contributed by atoms with Crippen LogP contribution in [0.15, 0.2) is 30.3 Å². The van der Waals surface area contributed by atoms with Gasteiger partial charge in [0, 0.05) is 13.1 Å². The van der Waals surface area contributed by atoms with E-state index in [1.54, 1.807) is 12.1 Å². The molecular formula is C15H16N2O4. The molecular weight excluding hydrogens is 272 g/mol. The standard InChI is InChI=1S/C15H16N2O4/c18-13-12(9-4-2-1-3-5-9)17(7-6-16-13)14(19)10-8-11(10)15(20)21/h1-5,10-12H,6-8H2,(H,16,18)(H,20,21)/t10-,11-,12-/m1/s1. The van der Waals surface area contributed by atoms with Crippen LogP contribution in [0.3, 0.4) is 0 Å². The summed E-state index contributed by atoms with van der Waals surface area (Å²) < 4.78 is 0. The quantitative estimate of drug-likeness (QED) is 0.843. The molecule has 2 amide bonds. The third-order valence-electron chi connectivity index (χ3n) is 4.04. The van der Waals surface area contributed by atoms with Gasteiger partial charge in [0.2, 0.25) is 11.8 Å². The van der Waals surface area contributed by atoms with Crippen LogP contribution in [0.5, 0.6) is 0 Å². The van der Waals surface area contributed by atoms with Gasteiger partial charge >= 0.3 is 5.97 Å². The first-order valence-electron chi connectivity index (χ1n) is 6.95. The van der Waals surface area contributed by atoms with Crippen LogP contribution in [0.1, 0.15) is 18.0 Å². The normalized spacial score (nSPS) is 27.9. The fourth-order valence-corrected chi connectivity index (χ4v) is 2.82. The molecule has 1 aliphatic carbocycles. The van der Waals surface area contributed by atoms with Crippen molar-refractivity contribution in [1.82, 2.24) is 10.2 Å². The molecule has 0 radical (unpaired) electrons. The van der Waals surface area contributed by atoms with E-state index in [1.807, 2.05) is 18.2 Å². The van der Waals surface area contributed by atoms with Crippen LogP contribution in [-0.4, -0.2) is 40.9 Å². The molecule has 2 aliphatic rings. The third-order valence-corrected chi connectivity index (χ3v) is 4.04. The van der Waals surface area contributed by atoms with E-state index < -0.39 is 23.8 Å². The zero-order valence-corrected chi connectivity index (χ0v) is 11.4. The number of carbonyl (C=O) groups excluding carboxylic acids is 2. The van der Waals surface area contributed by atoms with Gasteiger partial charge in [-0.05, 0) is 12.0 Å². The summed E-state index contributed by atoms with van der Waals surface area (Å²) in [5.41, 5.74) is 0.746. The molecule has 3 atom stereocenters. The summed E-state index contributed by atoms with van der Waals surface area (Å²) in [5.74, 6) is -2.47. The van der Waals surface area contributed by atoms with Gasteiger partial charge in [-0.25, -0.2) is 0 Å². The average molecular weight is 288 g/mol. The van der Waals surface area contributed by atoms with Crippen LogP contribution in [0.4, 0.5) is 0 Å². The molecule has 0 aromatic heterocycles. The number of carboxylic acids is 1. The second kappa shape index (κ2) is 5.20. The van der Waals surface area contributed by atoms with Crippen LogP contribution in [0.2, 0.25) is 0 Å². The Morgan fingerprint density at radius 2 is 1.90 bits per heavy atom. The number of rotatable bonds is 3. The van der Waals surface area contributed by atoms with Gasteiger partial charge in [0.1, 0.15) is 6.04 Å². The molecule has 2 N–H and O–H groups in total. The van der Waals surface area contributed by atoms with Crippen molar-refractivity contribution in [3.8, 4) is 0 Å². The van der Waals surface area contributed by atoms with E-state index in [1.165, 1.54) is 4.90 Å². The van der Waals surface area contributed by atoms with E-state index in [0.717, 1.165) is 5.56 Å². The minimum Gasteiger partial charge on any atom is -0.481 e. The minimum absolute atomic E-state index is 0.215. The predicted molar refractivity (Wildman–Crippen MR) is 73.1 cm³/mol. The first-order valence-corrected chi connectivity index (χ1v) is 6.95. The molecule has 3 rings (SSSR count). The highest BCUT2D eigenvalue weighted by atomic mass is 16.4. The fraction of sp³-hybridized carbons (Fsp3) is 0.400. The predicted octanol–water partition coefficient (Wildman–Crippen LogP) is 0.407. The number of nitrogens with one attached hydrogen (secondary N) is 1. The van der Waals surface area contributed by atoms with Crippen molar-refractivity contribution in [2.45, 2.75) is 12.5 Å². The molecule has 1 aliphatic heterocycles. The highest BCUT2D eigenvalue weighted by Gasteiger charge is 2.51. The Labute approximate surface area is 121 Å². The summed E-state index contributed by atoms with van der Waals surface area (Å²) in [6.45, 7) is 0.811. The maximum atomic E-state index is 12.5. The summed E-state index contributed by atoms with van der Waals surface area (Å²) in [4.78, 5) is 37.1. The number of nitrogens with zero attached hydrogens (tertiary/aromatic N) is 1. The van der Waals surface area contributed by atoms with E-state index in [-0.39, 0.29) is 11.8 Å². The molecule has 6 heteroatoms.